The third kappa shape index (κ3) is 5.39. The van der Waals surface area contributed by atoms with Crippen LogP contribution in [0, 0.1) is 23.4 Å². The number of halogens is 3. The molecule has 198 valence electrons. The fourth-order valence-corrected chi connectivity index (χ4v) is 4.52. The zero-order valence-electron chi connectivity index (χ0n) is 21.1. The van der Waals surface area contributed by atoms with E-state index in [4.69, 9.17) is 10.5 Å². The molecule has 1 unspecified atom stereocenters. The SMILES string of the molecule is CC(=O)OC(C(=O)N1CCc2c1ccc(-c1cnc(N)c(C(=O)CC(C)C)c1)c2F)c1cc(F)cc(F)c1. The van der Waals surface area contributed by atoms with Gasteiger partial charge >= 0.3 is 5.97 Å². The largest absolute Gasteiger partial charge is 0.447 e. The van der Waals surface area contributed by atoms with Crippen LogP contribution in [-0.4, -0.2) is 29.2 Å². The number of hydrogen-bond donors (Lipinski definition) is 1. The Morgan fingerprint density at radius 3 is 2.39 bits per heavy atom. The first-order valence-electron chi connectivity index (χ1n) is 12.0. The second kappa shape index (κ2) is 10.6. The van der Waals surface area contributed by atoms with E-state index >= 15 is 4.39 Å². The van der Waals surface area contributed by atoms with Gasteiger partial charge in [-0.1, -0.05) is 13.8 Å². The summed E-state index contributed by atoms with van der Waals surface area (Å²) in [5.74, 6) is -4.12. The van der Waals surface area contributed by atoms with E-state index in [1.54, 1.807) is 0 Å². The summed E-state index contributed by atoms with van der Waals surface area (Å²) >= 11 is 0. The van der Waals surface area contributed by atoms with Crippen molar-refractivity contribution in [3.63, 3.8) is 0 Å². The van der Waals surface area contributed by atoms with Crippen LogP contribution >= 0.6 is 0 Å². The Balaban J connectivity index is 1.69. The van der Waals surface area contributed by atoms with Crippen molar-refractivity contribution < 1.29 is 32.3 Å². The number of pyridine rings is 1. The lowest BCUT2D eigenvalue weighted by Gasteiger charge is -2.24. The summed E-state index contributed by atoms with van der Waals surface area (Å²) in [6.07, 6.45) is 0.159. The van der Waals surface area contributed by atoms with Crippen molar-refractivity contribution in [2.75, 3.05) is 17.2 Å². The fourth-order valence-electron chi connectivity index (χ4n) is 4.52. The maximum absolute atomic E-state index is 15.7. The van der Waals surface area contributed by atoms with Crippen LogP contribution in [-0.2, 0) is 20.7 Å². The van der Waals surface area contributed by atoms with Gasteiger partial charge in [-0.05, 0) is 42.7 Å². The molecular formula is C28H26F3N3O4. The summed E-state index contributed by atoms with van der Waals surface area (Å²) < 4.78 is 48.5. The molecule has 0 radical (unpaired) electrons. The number of ether oxygens (including phenoxy) is 1. The van der Waals surface area contributed by atoms with Gasteiger partial charge in [0.2, 0.25) is 6.10 Å². The van der Waals surface area contributed by atoms with Crippen molar-refractivity contribution in [2.45, 2.75) is 39.7 Å². The maximum atomic E-state index is 15.7. The fraction of sp³-hybridized carbons (Fsp3) is 0.286. The van der Waals surface area contributed by atoms with Crippen molar-refractivity contribution in [3.05, 3.63) is 76.7 Å². The normalized spacial score (nSPS) is 13.4. The summed E-state index contributed by atoms with van der Waals surface area (Å²) in [6.45, 7) is 4.92. The molecule has 2 aromatic carbocycles. The Hall–Kier alpha value is -4.21. The van der Waals surface area contributed by atoms with E-state index in [0.717, 1.165) is 19.1 Å². The number of benzene rings is 2. The third-order valence-corrected chi connectivity index (χ3v) is 6.18. The molecule has 1 aliphatic heterocycles. The predicted octanol–water partition coefficient (Wildman–Crippen LogP) is 5.17. The van der Waals surface area contributed by atoms with Crippen molar-refractivity contribution in [1.82, 2.24) is 4.98 Å². The third-order valence-electron chi connectivity index (χ3n) is 6.18. The van der Waals surface area contributed by atoms with Gasteiger partial charge in [0.15, 0.2) is 5.78 Å². The Morgan fingerprint density at radius 2 is 1.76 bits per heavy atom. The molecule has 1 aromatic heterocycles. The lowest BCUT2D eigenvalue weighted by molar-refractivity contribution is -0.153. The van der Waals surface area contributed by atoms with Crippen molar-refractivity contribution >= 4 is 29.2 Å². The summed E-state index contributed by atoms with van der Waals surface area (Å²) in [6, 6.07) is 6.93. The van der Waals surface area contributed by atoms with E-state index in [1.165, 1.54) is 29.3 Å². The van der Waals surface area contributed by atoms with Gasteiger partial charge < -0.3 is 15.4 Å². The molecule has 0 aliphatic carbocycles. The molecule has 4 rings (SSSR count). The zero-order chi connectivity index (χ0) is 27.7. The first-order chi connectivity index (χ1) is 18.0. The number of esters is 1. The number of fused-ring (bicyclic) bond motifs is 1. The quantitative estimate of drug-likeness (QED) is 0.337. The van der Waals surface area contributed by atoms with Crippen LogP contribution in [0.4, 0.5) is 24.7 Å². The molecule has 10 heteroatoms. The first kappa shape index (κ1) is 26.8. The van der Waals surface area contributed by atoms with Gasteiger partial charge in [-0.2, -0.15) is 0 Å². The number of amides is 1. The van der Waals surface area contributed by atoms with Crippen LogP contribution in [0.2, 0.25) is 0 Å². The van der Waals surface area contributed by atoms with E-state index in [-0.39, 0.29) is 64.8 Å². The number of anilines is 2. The molecule has 2 N–H and O–H groups in total. The number of nitrogens with zero attached hydrogens (tertiary/aromatic N) is 2. The number of carbonyl (C=O) groups is 3. The molecule has 3 aromatic rings. The van der Waals surface area contributed by atoms with Crippen molar-refractivity contribution in [2.24, 2.45) is 5.92 Å². The zero-order valence-corrected chi connectivity index (χ0v) is 21.1. The van der Waals surface area contributed by atoms with E-state index in [1.807, 2.05) is 13.8 Å². The molecule has 2 heterocycles. The maximum Gasteiger partial charge on any atom is 0.303 e. The average Bonchev–Trinajstić information content (AvgIpc) is 3.27. The Kier molecular flexibility index (Phi) is 7.52. The minimum Gasteiger partial charge on any atom is -0.447 e. The molecule has 1 amide bonds. The van der Waals surface area contributed by atoms with Crippen LogP contribution in [0.15, 0.2) is 42.6 Å². The minimum absolute atomic E-state index is 0.0578. The molecule has 1 atom stereocenters. The molecular weight excluding hydrogens is 499 g/mol. The average molecular weight is 526 g/mol. The van der Waals surface area contributed by atoms with Gasteiger partial charge in [-0.15, -0.1) is 0 Å². The highest BCUT2D eigenvalue weighted by Gasteiger charge is 2.35. The van der Waals surface area contributed by atoms with Crippen LogP contribution < -0.4 is 10.6 Å². The molecule has 0 spiro atoms. The summed E-state index contributed by atoms with van der Waals surface area (Å²) in [5.41, 5.74) is 6.92. The van der Waals surface area contributed by atoms with Gasteiger partial charge in [-0.3, -0.25) is 14.4 Å². The van der Waals surface area contributed by atoms with Gasteiger partial charge in [-0.25, -0.2) is 18.2 Å². The standard InChI is InChI=1S/C28H26F3N3O4/c1-14(2)8-24(36)22-11-17(13-33-27(22)32)20-4-5-23-21(25(20)31)6-7-34(23)28(37)26(38-15(3)35)16-9-18(29)12-19(30)10-16/h4-5,9-14,26H,6-8H2,1-3H3,(H2,32,33). The van der Waals surface area contributed by atoms with Crippen molar-refractivity contribution in [1.29, 1.82) is 0 Å². The van der Waals surface area contributed by atoms with Gasteiger partial charge in [0, 0.05) is 60.1 Å². The number of aromatic nitrogens is 1. The predicted molar refractivity (Wildman–Crippen MR) is 135 cm³/mol. The number of ketones is 1. The van der Waals surface area contributed by atoms with Crippen LogP contribution in [0.3, 0.4) is 0 Å². The lowest BCUT2D eigenvalue weighted by atomic mass is 9.97. The van der Waals surface area contributed by atoms with Crippen LogP contribution in [0.1, 0.15) is 54.8 Å². The van der Waals surface area contributed by atoms with E-state index in [9.17, 15) is 23.2 Å². The molecule has 0 bridgehead atoms. The lowest BCUT2D eigenvalue weighted by Crippen LogP contribution is -2.35. The highest BCUT2D eigenvalue weighted by molar-refractivity contribution is 6.02. The smallest absolute Gasteiger partial charge is 0.303 e. The number of Topliss-reactive ketones (excluding diaryl/α,β-unsaturated/α-hetero) is 1. The van der Waals surface area contributed by atoms with E-state index in [0.29, 0.717) is 11.6 Å². The number of rotatable bonds is 7. The monoisotopic (exact) mass is 525 g/mol. The van der Waals surface area contributed by atoms with E-state index < -0.39 is 35.4 Å². The van der Waals surface area contributed by atoms with E-state index in [2.05, 4.69) is 4.98 Å². The first-order valence-corrected chi connectivity index (χ1v) is 12.0. The Morgan fingerprint density at radius 1 is 1.08 bits per heavy atom. The number of hydrogen-bond acceptors (Lipinski definition) is 6. The molecule has 1 aliphatic rings. The molecule has 7 nitrogen and oxygen atoms in total. The number of nitrogen functional groups attached to an aromatic ring is 1. The van der Waals surface area contributed by atoms with Gasteiger partial charge in [0.25, 0.3) is 5.91 Å². The minimum atomic E-state index is -1.62. The number of nitrogens with two attached hydrogens (primary N) is 1. The Bertz CT molecular complexity index is 1420. The van der Waals surface area contributed by atoms with Crippen LogP contribution in [0.25, 0.3) is 11.1 Å². The second-order valence-electron chi connectivity index (χ2n) is 9.53. The Labute approximate surface area is 217 Å². The second-order valence-corrected chi connectivity index (χ2v) is 9.53. The summed E-state index contributed by atoms with van der Waals surface area (Å²) in [4.78, 5) is 43.0. The molecule has 0 saturated carbocycles. The molecule has 38 heavy (non-hydrogen) atoms. The molecule has 0 saturated heterocycles. The van der Waals surface area contributed by atoms with Gasteiger partial charge in [0.05, 0.1) is 5.56 Å². The number of carbonyl (C=O) groups excluding carboxylic acids is 3. The van der Waals surface area contributed by atoms with Crippen LogP contribution in [0.5, 0.6) is 0 Å². The topological polar surface area (TPSA) is 103 Å². The summed E-state index contributed by atoms with van der Waals surface area (Å²) in [5, 5.41) is 0. The highest BCUT2D eigenvalue weighted by atomic mass is 19.1. The van der Waals surface area contributed by atoms with Gasteiger partial charge in [0.1, 0.15) is 23.3 Å². The molecule has 0 fully saturated rings. The highest BCUT2D eigenvalue weighted by Crippen LogP contribution is 2.38. The summed E-state index contributed by atoms with van der Waals surface area (Å²) in [7, 11) is 0. The van der Waals surface area contributed by atoms with Crippen molar-refractivity contribution in [3.8, 4) is 11.1 Å².